The number of benzene rings is 2. The Labute approximate surface area is 243 Å². The van der Waals surface area contributed by atoms with E-state index in [1.807, 2.05) is 29.2 Å². The van der Waals surface area contributed by atoms with E-state index in [4.69, 9.17) is 23.2 Å². The van der Waals surface area contributed by atoms with E-state index in [9.17, 15) is 9.59 Å². The third-order valence-corrected chi connectivity index (χ3v) is 8.83. The molecule has 6 nitrogen and oxygen atoms in total. The Balaban J connectivity index is 1.55. The molecule has 2 aromatic rings. The van der Waals surface area contributed by atoms with Crippen molar-refractivity contribution in [2.24, 2.45) is 5.41 Å². The molecule has 2 aliphatic rings. The average Bonchev–Trinajstić information content (AvgIpc) is 2.87. The minimum Gasteiger partial charge on any atom is -0.337 e. The summed E-state index contributed by atoms with van der Waals surface area (Å²) >= 11 is 12.5. The van der Waals surface area contributed by atoms with Gasteiger partial charge in [-0.15, -0.1) is 0 Å². The maximum atomic E-state index is 13.8. The fraction of sp³-hybridized carbons (Fsp3) is 0.548. The summed E-state index contributed by atoms with van der Waals surface area (Å²) in [7, 11) is 0. The Morgan fingerprint density at radius 2 is 1.36 bits per heavy atom. The van der Waals surface area contributed by atoms with Gasteiger partial charge < -0.3 is 9.80 Å². The third kappa shape index (κ3) is 6.97. The van der Waals surface area contributed by atoms with Crippen LogP contribution in [0.5, 0.6) is 0 Å². The molecule has 3 atom stereocenters. The molecule has 0 bridgehead atoms. The number of piperazine rings is 2. The number of amides is 2. The molecule has 2 saturated heterocycles. The highest BCUT2D eigenvalue weighted by atomic mass is 35.5. The minimum atomic E-state index is -0.106. The van der Waals surface area contributed by atoms with Gasteiger partial charge in [-0.3, -0.25) is 19.4 Å². The summed E-state index contributed by atoms with van der Waals surface area (Å²) in [5.74, 6) is 0.264. The van der Waals surface area contributed by atoms with Crippen LogP contribution in [0, 0.1) is 5.41 Å². The summed E-state index contributed by atoms with van der Waals surface area (Å²) in [5.41, 5.74) is 2.23. The van der Waals surface area contributed by atoms with Crippen molar-refractivity contribution in [3.05, 3.63) is 69.7 Å². The number of hydrogen-bond acceptors (Lipinski definition) is 4. The molecular formula is C31H42Cl2N4O2. The zero-order chi connectivity index (χ0) is 28.5. The highest BCUT2D eigenvalue weighted by Crippen LogP contribution is 2.36. The van der Waals surface area contributed by atoms with E-state index in [0.717, 1.165) is 13.1 Å². The van der Waals surface area contributed by atoms with E-state index in [0.29, 0.717) is 36.2 Å². The molecule has 2 heterocycles. The summed E-state index contributed by atoms with van der Waals surface area (Å²) in [6.07, 6.45) is 0. The van der Waals surface area contributed by atoms with Gasteiger partial charge in [-0.2, -0.15) is 0 Å². The molecule has 0 spiro atoms. The number of carbonyl (C=O) groups excluding carboxylic acids is 2. The second-order valence-electron chi connectivity index (χ2n) is 12.3. The van der Waals surface area contributed by atoms with Gasteiger partial charge in [-0.25, -0.2) is 0 Å². The van der Waals surface area contributed by atoms with Gasteiger partial charge in [-0.05, 0) is 54.7 Å². The Hall–Kier alpha value is -2.12. The van der Waals surface area contributed by atoms with Crippen LogP contribution in [-0.4, -0.2) is 88.8 Å². The largest absolute Gasteiger partial charge is 0.337 e. The molecule has 2 fully saturated rings. The minimum absolute atomic E-state index is 0.0298. The number of rotatable bonds is 5. The molecule has 212 valence electrons. The molecule has 2 amide bonds. The van der Waals surface area contributed by atoms with Crippen LogP contribution in [0.1, 0.15) is 58.7 Å². The Bertz CT molecular complexity index is 1100. The van der Waals surface area contributed by atoms with E-state index in [-0.39, 0.29) is 41.4 Å². The predicted molar refractivity (Wildman–Crippen MR) is 159 cm³/mol. The zero-order valence-electron chi connectivity index (χ0n) is 24.0. The maximum Gasteiger partial charge on any atom is 0.237 e. The maximum absolute atomic E-state index is 13.8. The van der Waals surface area contributed by atoms with Crippen molar-refractivity contribution >= 4 is 35.0 Å². The smallest absolute Gasteiger partial charge is 0.237 e. The van der Waals surface area contributed by atoms with Crippen LogP contribution in [0.4, 0.5) is 0 Å². The van der Waals surface area contributed by atoms with Crippen molar-refractivity contribution in [2.75, 3.05) is 39.3 Å². The van der Waals surface area contributed by atoms with Gasteiger partial charge in [0.1, 0.15) is 0 Å². The van der Waals surface area contributed by atoms with Crippen molar-refractivity contribution in [2.45, 2.75) is 65.7 Å². The fourth-order valence-electron chi connectivity index (χ4n) is 6.10. The molecule has 39 heavy (non-hydrogen) atoms. The van der Waals surface area contributed by atoms with Gasteiger partial charge in [0.2, 0.25) is 11.8 Å². The van der Waals surface area contributed by atoms with Crippen LogP contribution in [0.15, 0.2) is 48.5 Å². The van der Waals surface area contributed by atoms with Crippen LogP contribution < -0.4 is 0 Å². The molecule has 8 heteroatoms. The Morgan fingerprint density at radius 1 is 0.821 bits per heavy atom. The molecule has 2 aliphatic heterocycles. The van der Waals surface area contributed by atoms with Crippen molar-refractivity contribution in [1.29, 1.82) is 0 Å². The van der Waals surface area contributed by atoms with Gasteiger partial charge in [0.05, 0.1) is 12.6 Å². The quantitative estimate of drug-likeness (QED) is 0.469. The van der Waals surface area contributed by atoms with Gasteiger partial charge >= 0.3 is 0 Å². The number of halogens is 2. The monoisotopic (exact) mass is 572 g/mol. The summed E-state index contributed by atoms with van der Waals surface area (Å²) in [6.45, 7) is 16.4. The number of nitrogens with zero attached hydrogens (tertiary/aromatic N) is 4. The lowest BCUT2D eigenvalue weighted by Gasteiger charge is -2.50. The molecule has 0 saturated carbocycles. The summed E-state index contributed by atoms with van der Waals surface area (Å²) in [6, 6.07) is 16.4. The Kier molecular flexibility index (Phi) is 9.32. The van der Waals surface area contributed by atoms with Crippen LogP contribution in [-0.2, 0) is 9.59 Å². The molecule has 4 rings (SSSR count). The van der Waals surface area contributed by atoms with E-state index in [1.54, 1.807) is 6.92 Å². The number of carbonyl (C=O) groups is 2. The molecule has 0 radical (unpaired) electrons. The molecule has 0 aliphatic carbocycles. The second-order valence-corrected chi connectivity index (χ2v) is 13.1. The lowest BCUT2D eigenvalue weighted by Crippen LogP contribution is -2.63. The molecule has 2 aromatic carbocycles. The van der Waals surface area contributed by atoms with Gasteiger partial charge in [0.25, 0.3) is 0 Å². The van der Waals surface area contributed by atoms with Crippen LogP contribution in [0.3, 0.4) is 0 Å². The predicted octanol–water partition coefficient (Wildman–Crippen LogP) is 5.58. The van der Waals surface area contributed by atoms with E-state index < -0.39 is 0 Å². The lowest BCUT2D eigenvalue weighted by atomic mass is 9.83. The Morgan fingerprint density at radius 3 is 1.85 bits per heavy atom. The van der Waals surface area contributed by atoms with Crippen molar-refractivity contribution in [3.63, 3.8) is 0 Å². The van der Waals surface area contributed by atoms with Crippen molar-refractivity contribution in [1.82, 2.24) is 19.6 Å². The summed E-state index contributed by atoms with van der Waals surface area (Å²) < 4.78 is 0. The van der Waals surface area contributed by atoms with Crippen LogP contribution in [0.25, 0.3) is 0 Å². The molecule has 0 unspecified atom stereocenters. The normalized spacial score (nSPS) is 23.4. The van der Waals surface area contributed by atoms with Crippen LogP contribution >= 0.6 is 23.2 Å². The van der Waals surface area contributed by atoms with E-state index in [2.05, 4.69) is 73.6 Å². The molecular weight excluding hydrogens is 531 g/mol. The first-order valence-corrected chi connectivity index (χ1v) is 14.7. The first kappa shape index (κ1) is 29.9. The van der Waals surface area contributed by atoms with Crippen molar-refractivity contribution in [3.8, 4) is 0 Å². The number of hydrogen-bond donors (Lipinski definition) is 0. The third-order valence-electron chi connectivity index (χ3n) is 8.33. The second kappa shape index (κ2) is 12.2. The standard InChI is InChI=1S/C31H42Cl2N4O2/c1-21-18-37(23(3)38)22(2)17-35(21)20-29(39)36-16-15-34(19-28(36)31(4,5)6)30(24-7-11-26(32)12-8-24)25-9-13-27(33)14-10-25/h7-14,21-22,28,30H,15-20H2,1-6H3/t21-,22+,28-/m1/s1. The molecule has 0 aromatic heterocycles. The highest BCUT2D eigenvalue weighted by molar-refractivity contribution is 6.30. The average molecular weight is 574 g/mol. The zero-order valence-corrected chi connectivity index (χ0v) is 25.5. The van der Waals surface area contributed by atoms with E-state index >= 15 is 0 Å². The van der Waals surface area contributed by atoms with E-state index in [1.165, 1.54) is 11.1 Å². The SMILES string of the molecule is CC(=O)N1C[C@@H](C)N(CC(=O)N2CCN(C(c3ccc(Cl)cc3)c3ccc(Cl)cc3)C[C@@H]2C(C)(C)C)C[C@@H]1C. The summed E-state index contributed by atoms with van der Waals surface area (Å²) in [5, 5.41) is 1.42. The first-order valence-electron chi connectivity index (χ1n) is 13.9. The lowest BCUT2D eigenvalue weighted by molar-refractivity contribution is -0.144. The summed E-state index contributed by atoms with van der Waals surface area (Å²) in [4.78, 5) is 34.6. The van der Waals surface area contributed by atoms with Crippen molar-refractivity contribution < 1.29 is 9.59 Å². The van der Waals surface area contributed by atoms with Gasteiger partial charge in [-0.1, -0.05) is 68.2 Å². The van der Waals surface area contributed by atoms with Gasteiger partial charge in [0, 0.05) is 67.8 Å². The highest BCUT2D eigenvalue weighted by Gasteiger charge is 2.41. The first-order chi connectivity index (χ1) is 18.3. The fourth-order valence-corrected chi connectivity index (χ4v) is 6.36. The molecule has 0 N–H and O–H groups in total. The van der Waals surface area contributed by atoms with Crippen LogP contribution in [0.2, 0.25) is 10.0 Å². The van der Waals surface area contributed by atoms with Gasteiger partial charge in [0.15, 0.2) is 0 Å². The topological polar surface area (TPSA) is 47.1 Å².